The van der Waals surface area contributed by atoms with Crippen molar-refractivity contribution in [3.05, 3.63) is 22.7 Å². The molecule has 0 heterocycles. The number of phenolic OH excluding ortho intramolecular Hbond substituents is 1. The maximum Gasteiger partial charge on any atom is 0.201 e. The molecule has 0 saturated heterocycles. The van der Waals surface area contributed by atoms with Gasteiger partial charge in [-0.15, -0.1) is 0 Å². The Morgan fingerprint density at radius 2 is 2.29 bits per heavy atom. The van der Waals surface area contributed by atoms with E-state index >= 15 is 0 Å². The quantitative estimate of drug-likeness (QED) is 0.370. The largest absolute Gasteiger partial charge is 0.508 e. The first-order valence-electron chi connectivity index (χ1n) is 4.53. The summed E-state index contributed by atoms with van der Waals surface area (Å²) in [6.45, 7) is 1.70. The number of benzene rings is 1. The normalized spacial score (nSPS) is 10.8. The molecule has 1 aromatic rings. The Balaban J connectivity index is 3.01. The van der Waals surface area contributed by atoms with Crippen LogP contribution in [0, 0.1) is 23.7 Å². The van der Waals surface area contributed by atoms with Crippen LogP contribution >= 0.6 is 11.6 Å². The van der Waals surface area contributed by atoms with Gasteiger partial charge in [-0.1, -0.05) is 11.6 Å². The molecule has 0 aliphatic carbocycles. The minimum absolute atomic E-state index is 0.0495. The molecule has 0 aliphatic heterocycles. The van der Waals surface area contributed by atoms with Gasteiger partial charge in [0.1, 0.15) is 11.8 Å². The van der Waals surface area contributed by atoms with E-state index in [0.717, 1.165) is 0 Å². The lowest BCUT2D eigenvalue weighted by Gasteiger charge is -2.06. The first kappa shape index (κ1) is 12.8. The topological polar surface area (TPSA) is 118 Å². The maximum absolute atomic E-state index is 9.48. The van der Waals surface area contributed by atoms with E-state index < -0.39 is 5.84 Å². The van der Waals surface area contributed by atoms with Gasteiger partial charge in [-0.25, -0.2) is 0 Å². The number of rotatable bonds is 3. The maximum atomic E-state index is 9.48. The predicted molar refractivity (Wildman–Crippen MR) is 66.4 cm³/mol. The SMILES string of the molecule is Cc1cc(Cl)c(N/N=C(\C#N)C(=N)N)cc1O. The predicted octanol–water partition coefficient (Wildman–Crippen LogP) is 1.58. The number of halogens is 1. The molecule has 0 aromatic heterocycles. The Hall–Kier alpha value is -2.26. The molecular weight excluding hydrogens is 242 g/mol. The van der Waals surface area contributed by atoms with Crippen LogP contribution in [0.3, 0.4) is 0 Å². The summed E-state index contributed by atoms with van der Waals surface area (Å²) in [5.74, 6) is -0.402. The van der Waals surface area contributed by atoms with Crippen molar-refractivity contribution in [2.45, 2.75) is 6.92 Å². The molecule has 17 heavy (non-hydrogen) atoms. The van der Waals surface area contributed by atoms with Gasteiger partial charge in [-0.2, -0.15) is 10.4 Å². The van der Waals surface area contributed by atoms with Crippen molar-refractivity contribution in [1.82, 2.24) is 0 Å². The number of aryl methyl sites for hydroxylation is 1. The number of hydrogen-bond acceptors (Lipinski definition) is 5. The third-order valence-corrected chi connectivity index (χ3v) is 2.25. The van der Waals surface area contributed by atoms with Gasteiger partial charge in [-0.05, 0) is 18.6 Å². The van der Waals surface area contributed by atoms with Gasteiger partial charge in [-0.3, -0.25) is 10.8 Å². The molecule has 6 nitrogen and oxygen atoms in total. The molecule has 0 aliphatic rings. The second kappa shape index (κ2) is 5.18. The van der Waals surface area contributed by atoms with Crippen LogP contribution in [0.4, 0.5) is 5.69 Å². The third-order valence-electron chi connectivity index (χ3n) is 1.93. The number of aromatic hydroxyl groups is 1. The van der Waals surface area contributed by atoms with Gasteiger partial charge < -0.3 is 10.8 Å². The number of amidine groups is 1. The standard InChI is InChI=1S/C10H10ClN5O/c1-5-2-6(11)7(3-9(5)17)15-16-8(4-12)10(13)14/h2-3,15,17H,1H3,(H3,13,14)/b16-8+. The minimum Gasteiger partial charge on any atom is -0.508 e. The van der Waals surface area contributed by atoms with E-state index in [1.54, 1.807) is 19.1 Å². The van der Waals surface area contributed by atoms with E-state index in [-0.39, 0.29) is 11.5 Å². The summed E-state index contributed by atoms with van der Waals surface area (Å²) in [7, 11) is 0. The third kappa shape index (κ3) is 3.09. The fourth-order valence-corrected chi connectivity index (χ4v) is 1.27. The summed E-state index contributed by atoms with van der Waals surface area (Å²) in [6.07, 6.45) is 0. The molecule has 0 fully saturated rings. The van der Waals surface area contributed by atoms with Crippen LogP contribution in [0.2, 0.25) is 5.02 Å². The van der Waals surface area contributed by atoms with E-state index in [1.165, 1.54) is 6.07 Å². The second-order valence-electron chi connectivity index (χ2n) is 3.22. The summed E-state index contributed by atoms with van der Waals surface area (Å²) < 4.78 is 0. The highest BCUT2D eigenvalue weighted by Gasteiger charge is 2.06. The number of nitriles is 1. The summed E-state index contributed by atoms with van der Waals surface area (Å²) in [4.78, 5) is 0. The van der Waals surface area contributed by atoms with Crippen LogP contribution in [0.5, 0.6) is 5.75 Å². The van der Waals surface area contributed by atoms with Crippen molar-refractivity contribution in [3.8, 4) is 11.8 Å². The Kier molecular flexibility index (Phi) is 3.91. The molecule has 0 bridgehead atoms. The molecule has 0 spiro atoms. The van der Waals surface area contributed by atoms with Crippen LogP contribution in [-0.4, -0.2) is 16.7 Å². The molecule has 0 radical (unpaired) electrons. The van der Waals surface area contributed by atoms with Crippen molar-refractivity contribution in [1.29, 1.82) is 10.7 Å². The van der Waals surface area contributed by atoms with Gasteiger partial charge >= 0.3 is 0 Å². The summed E-state index contributed by atoms with van der Waals surface area (Å²) in [6, 6.07) is 4.57. The smallest absolute Gasteiger partial charge is 0.201 e. The monoisotopic (exact) mass is 251 g/mol. The number of nitrogens with zero attached hydrogens (tertiary/aromatic N) is 2. The molecule has 5 N–H and O–H groups in total. The highest BCUT2D eigenvalue weighted by atomic mass is 35.5. The molecule has 1 rings (SSSR count). The molecule has 1 aromatic carbocycles. The molecule has 0 amide bonds. The van der Waals surface area contributed by atoms with Gasteiger partial charge in [0.25, 0.3) is 0 Å². The molecule has 0 saturated carbocycles. The van der Waals surface area contributed by atoms with Crippen molar-refractivity contribution >= 4 is 28.8 Å². The number of hydrazone groups is 1. The zero-order chi connectivity index (χ0) is 13.0. The molecule has 0 unspecified atom stereocenters. The van der Waals surface area contributed by atoms with E-state index in [1.807, 2.05) is 0 Å². The van der Waals surface area contributed by atoms with E-state index in [0.29, 0.717) is 16.3 Å². The lowest BCUT2D eigenvalue weighted by molar-refractivity contribution is 0.471. The number of nitrogens with one attached hydrogen (secondary N) is 2. The summed E-state index contributed by atoms with van der Waals surface area (Å²) in [5, 5.41) is 29.1. The van der Waals surface area contributed by atoms with Gasteiger partial charge in [0.05, 0.1) is 10.7 Å². The first-order chi connectivity index (χ1) is 7.95. The molecule has 7 heteroatoms. The fraction of sp³-hybridized carbons (Fsp3) is 0.100. The van der Waals surface area contributed by atoms with Crippen LogP contribution in [0.25, 0.3) is 0 Å². The second-order valence-corrected chi connectivity index (χ2v) is 3.62. The van der Waals surface area contributed by atoms with Crippen LogP contribution < -0.4 is 11.2 Å². The van der Waals surface area contributed by atoms with E-state index in [9.17, 15) is 5.11 Å². The number of nitrogens with two attached hydrogens (primary N) is 1. The lowest BCUT2D eigenvalue weighted by atomic mass is 10.2. The zero-order valence-corrected chi connectivity index (χ0v) is 9.71. The number of hydrogen-bond donors (Lipinski definition) is 4. The summed E-state index contributed by atoms with van der Waals surface area (Å²) in [5.41, 5.74) is 8.26. The summed E-state index contributed by atoms with van der Waals surface area (Å²) >= 11 is 5.90. The minimum atomic E-state index is -0.451. The highest BCUT2D eigenvalue weighted by molar-refractivity contribution is 6.45. The average Bonchev–Trinajstić information content (AvgIpc) is 2.25. The van der Waals surface area contributed by atoms with Crippen LogP contribution in [-0.2, 0) is 0 Å². The molecular formula is C10H10ClN5O. The Morgan fingerprint density at radius 1 is 1.65 bits per heavy atom. The van der Waals surface area contributed by atoms with Crippen LogP contribution in [0.15, 0.2) is 17.2 Å². The lowest BCUT2D eigenvalue weighted by Crippen LogP contribution is -2.21. The van der Waals surface area contributed by atoms with E-state index in [2.05, 4.69) is 10.5 Å². The average molecular weight is 252 g/mol. The van der Waals surface area contributed by atoms with Gasteiger partial charge in [0.15, 0.2) is 5.84 Å². The highest BCUT2D eigenvalue weighted by Crippen LogP contribution is 2.29. The van der Waals surface area contributed by atoms with Gasteiger partial charge in [0, 0.05) is 6.07 Å². The van der Waals surface area contributed by atoms with Crippen molar-refractivity contribution in [2.75, 3.05) is 5.43 Å². The van der Waals surface area contributed by atoms with Crippen LogP contribution in [0.1, 0.15) is 5.56 Å². The molecule has 88 valence electrons. The molecule has 0 atom stereocenters. The number of phenols is 1. The van der Waals surface area contributed by atoms with Gasteiger partial charge in [0.2, 0.25) is 5.71 Å². The Morgan fingerprint density at radius 3 is 2.82 bits per heavy atom. The van der Waals surface area contributed by atoms with Crippen molar-refractivity contribution in [2.24, 2.45) is 10.8 Å². The Labute approximate surface area is 103 Å². The van der Waals surface area contributed by atoms with E-state index in [4.69, 9.17) is 28.0 Å². The Bertz CT molecular complexity index is 532. The zero-order valence-electron chi connectivity index (χ0n) is 8.95. The van der Waals surface area contributed by atoms with Crippen molar-refractivity contribution in [3.63, 3.8) is 0 Å². The number of anilines is 1. The first-order valence-corrected chi connectivity index (χ1v) is 4.90. The van der Waals surface area contributed by atoms with Crippen molar-refractivity contribution < 1.29 is 5.11 Å². The fourth-order valence-electron chi connectivity index (χ4n) is 1.01.